The number of allylic oxidation sites excluding steroid dienone is 4. The molecule has 1 unspecified atom stereocenters. The van der Waals surface area contributed by atoms with E-state index in [4.69, 9.17) is 10.5 Å². The second-order valence-electron chi connectivity index (χ2n) is 9.46. The summed E-state index contributed by atoms with van der Waals surface area (Å²) in [5.41, 5.74) is 10.7. The Morgan fingerprint density at radius 2 is 2.08 bits per heavy atom. The third-order valence-electron chi connectivity index (χ3n) is 6.48. The van der Waals surface area contributed by atoms with E-state index in [1.54, 1.807) is 23.0 Å². The Kier molecular flexibility index (Phi) is 7.09. The smallest absolute Gasteiger partial charge is 0.229 e. The molecule has 0 spiro atoms. The van der Waals surface area contributed by atoms with Crippen LogP contribution in [0.25, 0.3) is 0 Å². The predicted octanol–water partition coefficient (Wildman–Crippen LogP) is 1.71. The number of nitrogen functional groups attached to an aromatic ring is 1. The number of anilines is 1. The summed E-state index contributed by atoms with van der Waals surface area (Å²) in [6.07, 6.45) is 9.12. The number of ether oxygens (including phenoxy) is 1. The molecule has 5 rings (SSSR count). The molecule has 37 heavy (non-hydrogen) atoms. The highest BCUT2D eigenvalue weighted by atomic mass is 32.2. The number of hydrogen-bond acceptors (Lipinski definition) is 8. The summed E-state index contributed by atoms with van der Waals surface area (Å²) in [7, 11) is -3.56. The van der Waals surface area contributed by atoms with Gasteiger partial charge in [-0.25, -0.2) is 18.1 Å². The van der Waals surface area contributed by atoms with Crippen LogP contribution in [0.5, 0.6) is 0 Å². The first-order valence-corrected chi connectivity index (χ1v) is 14.1. The highest BCUT2D eigenvalue weighted by Gasteiger charge is 2.41. The maximum Gasteiger partial charge on any atom is 0.229 e. The molecule has 1 atom stereocenters. The molecule has 0 amide bonds. The summed E-state index contributed by atoms with van der Waals surface area (Å²) in [6, 6.07) is 8.13. The number of nitrogens with two attached hydrogens (primary N) is 1. The molecule has 11 heteroatoms. The molecule has 3 aliphatic rings. The molecule has 2 saturated heterocycles. The summed E-state index contributed by atoms with van der Waals surface area (Å²) in [5.74, 6) is 2.52. The summed E-state index contributed by atoms with van der Waals surface area (Å²) >= 11 is 0. The van der Waals surface area contributed by atoms with Crippen LogP contribution in [0, 0.1) is 12.8 Å². The van der Waals surface area contributed by atoms with E-state index >= 15 is 0 Å². The maximum absolute atomic E-state index is 12.2. The number of aryl methyl sites for hydroxylation is 1. The number of nitrogens with zero attached hydrogens (tertiary/aromatic N) is 3. The van der Waals surface area contributed by atoms with Gasteiger partial charge >= 0.3 is 0 Å². The first kappa shape index (κ1) is 25.1. The lowest BCUT2D eigenvalue weighted by Crippen LogP contribution is -2.45. The minimum Gasteiger partial charge on any atom is -0.490 e. The molecule has 3 heterocycles. The van der Waals surface area contributed by atoms with Gasteiger partial charge in [-0.2, -0.15) is 5.10 Å². The molecule has 194 valence electrons. The molecular weight excluding hydrogens is 490 g/mol. The van der Waals surface area contributed by atoms with Crippen LogP contribution in [0.3, 0.4) is 0 Å². The van der Waals surface area contributed by atoms with E-state index in [0.29, 0.717) is 36.1 Å². The van der Waals surface area contributed by atoms with Crippen LogP contribution in [0.15, 0.2) is 70.7 Å². The van der Waals surface area contributed by atoms with Gasteiger partial charge in [0.2, 0.25) is 16.1 Å². The molecule has 1 aromatic carbocycles. The number of nitrogens with one attached hydrogen (secondary N) is 3. The first-order chi connectivity index (χ1) is 17.8. The van der Waals surface area contributed by atoms with Crippen LogP contribution >= 0.6 is 0 Å². The van der Waals surface area contributed by atoms with Crippen molar-refractivity contribution in [3.05, 3.63) is 82.8 Å². The Hall–Kier alpha value is -3.54. The number of aromatic nitrogens is 2. The van der Waals surface area contributed by atoms with E-state index in [1.807, 2.05) is 37.3 Å². The summed E-state index contributed by atoms with van der Waals surface area (Å²) < 4.78 is 34.8. The van der Waals surface area contributed by atoms with Crippen LogP contribution in [0.4, 0.5) is 11.5 Å². The fraction of sp³-hybridized carbons (Fsp3) is 0.346. The van der Waals surface area contributed by atoms with Gasteiger partial charge < -0.3 is 10.5 Å². The SMILES string of the molecule is Cc1ccc(Cn2ncc(N=C3C=CC(=C4OCCNC4[C+]4CCNC4)C=C3NS(C)(=O)=O)c2N)cc1. The Morgan fingerprint density at radius 1 is 1.27 bits per heavy atom. The Bertz CT molecular complexity index is 1380. The van der Waals surface area contributed by atoms with E-state index in [9.17, 15) is 8.42 Å². The van der Waals surface area contributed by atoms with Crippen molar-refractivity contribution in [1.29, 1.82) is 0 Å². The van der Waals surface area contributed by atoms with Gasteiger partial charge in [-0.15, -0.1) is 0 Å². The number of morpholine rings is 1. The zero-order valence-electron chi connectivity index (χ0n) is 21.0. The summed E-state index contributed by atoms with van der Waals surface area (Å²) in [4.78, 5) is 4.67. The molecule has 0 saturated carbocycles. The highest BCUT2D eigenvalue weighted by molar-refractivity contribution is 7.88. The largest absolute Gasteiger partial charge is 0.490 e. The van der Waals surface area contributed by atoms with Crippen molar-refractivity contribution in [2.24, 2.45) is 4.99 Å². The Morgan fingerprint density at radius 3 is 2.81 bits per heavy atom. The van der Waals surface area contributed by atoms with Crippen molar-refractivity contribution in [2.75, 3.05) is 38.2 Å². The van der Waals surface area contributed by atoms with E-state index in [-0.39, 0.29) is 6.04 Å². The lowest BCUT2D eigenvalue weighted by molar-refractivity contribution is 0.149. The first-order valence-electron chi connectivity index (χ1n) is 12.3. The fourth-order valence-corrected chi connectivity index (χ4v) is 5.18. The van der Waals surface area contributed by atoms with Gasteiger partial charge in [0, 0.05) is 18.7 Å². The average Bonchev–Trinajstić information content (AvgIpc) is 3.52. The number of hydrogen-bond donors (Lipinski definition) is 4. The van der Waals surface area contributed by atoms with Crippen molar-refractivity contribution in [3.8, 4) is 0 Å². The van der Waals surface area contributed by atoms with Gasteiger partial charge in [0.15, 0.2) is 5.76 Å². The topological polar surface area (TPSA) is 136 Å². The van der Waals surface area contributed by atoms with E-state index in [1.165, 1.54) is 11.5 Å². The minimum atomic E-state index is -3.56. The molecular formula is C26H32N7O3S+. The molecule has 1 aliphatic carbocycles. The molecule has 1 aromatic heterocycles. The van der Waals surface area contributed by atoms with Crippen LogP contribution in [0.2, 0.25) is 0 Å². The van der Waals surface area contributed by atoms with Crippen LogP contribution in [-0.4, -0.2) is 62.4 Å². The van der Waals surface area contributed by atoms with Gasteiger partial charge in [-0.3, -0.25) is 15.4 Å². The number of benzene rings is 1. The highest BCUT2D eigenvalue weighted by Crippen LogP contribution is 2.30. The molecule has 10 nitrogen and oxygen atoms in total. The maximum atomic E-state index is 12.2. The Labute approximate surface area is 217 Å². The summed E-state index contributed by atoms with van der Waals surface area (Å²) in [6.45, 7) is 5.62. The van der Waals surface area contributed by atoms with Gasteiger partial charge in [0.1, 0.15) is 37.0 Å². The van der Waals surface area contributed by atoms with Gasteiger partial charge in [-0.1, -0.05) is 29.8 Å². The van der Waals surface area contributed by atoms with E-state index in [2.05, 4.69) is 25.4 Å². The van der Waals surface area contributed by atoms with Crippen molar-refractivity contribution in [2.45, 2.75) is 25.9 Å². The van der Waals surface area contributed by atoms with Crippen molar-refractivity contribution in [1.82, 2.24) is 25.1 Å². The standard InChI is InChI=1S/C26H32N7O3S/c1-17-3-5-18(6-4-17)16-33-26(27)23(15-30-33)31-21-8-7-19(13-22(21)32-37(2,34)35)25-24(29-11-12-36-25)20-9-10-28-14-20/h3-8,13,15,24,28-29,32H,9-12,14,16,27H2,1-2H3/q+1. The number of sulfonamides is 1. The third kappa shape index (κ3) is 5.90. The third-order valence-corrected chi connectivity index (χ3v) is 7.07. The zero-order valence-corrected chi connectivity index (χ0v) is 21.8. The monoisotopic (exact) mass is 522 g/mol. The second kappa shape index (κ2) is 10.4. The second-order valence-corrected chi connectivity index (χ2v) is 11.2. The van der Waals surface area contributed by atoms with Gasteiger partial charge in [0.05, 0.1) is 30.4 Å². The van der Waals surface area contributed by atoms with Crippen LogP contribution < -0.4 is 21.1 Å². The van der Waals surface area contributed by atoms with E-state index < -0.39 is 10.0 Å². The quantitative estimate of drug-likeness (QED) is 0.424. The minimum absolute atomic E-state index is 0.0201. The molecule has 0 radical (unpaired) electrons. The zero-order chi connectivity index (χ0) is 26.0. The summed E-state index contributed by atoms with van der Waals surface area (Å²) in [5, 5.41) is 11.3. The van der Waals surface area contributed by atoms with Crippen molar-refractivity contribution in [3.63, 3.8) is 0 Å². The van der Waals surface area contributed by atoms with Crippen molar-refractivity contribution >= 4 is 27.2 Å². The molecule has 2 aromatic rings. The van der Waals surface area contributed by atoms with Crippen molar-refractivity contribution < 1.29 is 13.2 Å². The fourth-order valence-electron chi connectivity index (χ4n) is 4.61. The average molecular weight is 523 g/mol. The van der Waals surface area contributed by atoms with Crippen LogP contribution in [-0.2, 0) is 21.3 Å². The normalized spacial score (nSPS) is 23.3. The number of aliphatic imine (C=N–C) groups is 1. The predicted molar refractivity (Wildman–Crippen MR) is 145 cm³/mol. The molecule has 0 bridgehead atoms. The number of rotatable bonds is 6. The lowest BCUT2D eigenvalue weighted by atomic mass is 9.92. The lowest BCUT2D eigenvalue weighted by Gasteiger charge is -2.27. The Balaban J connectivity index is 1.46. The van der Waals surface area contributed by atoms with Crippen LogP contribution in [0.1, 0.15) is 17.5 Å². The van der Waals surface area contributed by atoms with Gasteiger partial charge in [0.25, 0.3) is 0 Å². The van der Waals surface area contributed by atoms with Gasteiger partial charge in [-0.05, 0) is 30.7 Å². The molecule has 5 N–H and O–H groups in total. The molecule has 2 fully saturated rings. The van der Waals surface area contributed by atoms with E-state index in [0.717, 1.165) is 49.2 Å². The molecule has 2 aliphatic heterocycles.